The van der Waals surface area contributed by atoms with Crippen LogP contribution in [-0.4, -0.2) is 41.0 Å². The first-order valence-electron chi connectivity index (χ1n) is 6.99. The van der Waals surface area contributed by atoms with Crippen molar-refractivity contribution in [1.29, 1.82) is 0 Å². The third-order valence-corrected chi connectivity index (χ3v) is 3.32. The Bertz CT molecular complexity index is 506. The van der Waals surface area contributed by atoms with E-state index in [1.54, 1.807) is 19.2 Å². The lowest BCUT2D eigenvalue weighted by Crippen LogP contribution is -2.37. The zero-order chi connectivity index (χ0) is 14.7. The Morgan fingerprint density at radius 3 is 2.70 bits per heavy atom. The van der Waals surface area contributed by atoms with E-state index in [1.165, 1.54) is 4.90 Å². The average Bonchev–Trinajstić information content (AvgIpc) is 3.18. The molecule has 1 fully saturated rings. The van der Waals surface area contributed by atoms with E-state index < -0.39 is 0 Å². The maximum atomic E-state index is 12.5. The molecule has 0 unspecified atom stereocenters. The molecular weight excluding hydrogens is 258 g/mol. The molecule has 0 saturated heterocycles. The van der Waals surface area contributed by atoms with Crippen molar-refractivity contribution in [3.8, 4) is 0 Å². The first-order chi connectivity index (χ1) is 9.56. The molecule has 6 heteroatoms. The molecular formula is C14H21N3O3. The van der Waals surface area contributed by atoms with Crippen LogP contribution in [0.5, 0.6) is 0 Å². The molecule has 1 amide bonds. The Morgan fingerprint density at radius 2 is 2.15 bits per heavy atom. The topological polar surface area (TPSA) is 77.6 Å². The van der Waals surface area contributed by atoms with E-state index in [0.717, 1.165) is 12.8 Å². The third kappa shape index (κ3) is 3.12. The van der Waals surface area contributed by atoms with Crippen LogP contribution in [0.3, 0.4) is 0 Å². The minimum absolute atomic E-state index is 0.0288. The number of nitrogens with zero attached hydrogens (tertiary/aromatic N) is 2. The fourth-order valence-corrected chi connectivity index (χ4v) is 2.18. The normalized spacial score (nSPS) is 14.1. The van der Waals surface area contributed by atoms with Crippen molar-refractivity contribution in [3.05, 3.63) is 18.0 Å². The van der Waals surface area contributed by atoms with Crippen LogP contribution in [0.15, 0.2) is 12.3 Å². The molecule has 0 aliphatic heterocycles. The highest BCUT2D eigenvalue weighted by molar-refractivity contribution is 5.95. The van der Waals surface area contributed by atoms with Crippen LogP contribution in [-0.2, 0) is 9.53 Å². The fraction of sp³-hybridized carbons (Fsp3) is 0.571. The molecule has 1 aromatic rings. The zero-order valence-corrected chi connectivity index (χ0v) is 12.0. The quantitative estimate of drug-likeness (QED) is 0.799. The van der Waals surface area contributed by atoms with Gasteiger partial charge in [-0.1, -0.05) is 0 Å². The van der Waals surface area contributed by atoms with Gasteiger partial charge in [0.2, 0.25) is 0 Å². The average molecular weight is 279 g/mol. The smallest absolute Gasteiger partial charge is 0.325 e. The van der Waals surface area contributed by atoms with Crippen LogP contribution in [0.25, 0.3) is 0 Å². The molecule has 110 valence electrons. The van der Waals surface area contributed by atoms with Crippen molar-refractivity contribution in [2.75, 3.05) is 25.4 Å². The van der Waals surface area contributed by atoms with Gasteiger partial charge in [-0.15, -0.1) is 0 Å². The Labute approximate surface area is 118 Å². The first kappa shape index (κ1) is 14.4. The molecule has 2 rings (SSSR count). The van der Waals surface area contributed by atoms with Gasteiger partial charge in [0.1, 0.15) is 12.2 Å². The molecule has 6 nitrogen and oxygen atoms in total. The molecule has 0 radical (unpaired) electrons. The summed E-state index contributed by atoms with van der Waals surface area (Å²) in [6.07, 6.45) is 3.93. The van der Waals surface area contributed by atoms with Crippen molar-refractivity contribution in [2.45, 2.75) is 32.7 Å². The van der Waals surface area contributed by atoms with Gasteiger partial charge in [0, 0.05) is 18.8 Å². The monoisotopic (exact) mass is 279 g/mol. The van der Waals surface area contributed by atoms with E-state index in [1.807, 2.05) is 11.5 Å². The second-order valence-electron chi connectivity index (χ2n) is 4.92. The predicted octanol–water partition coefficient (Wildman–Crippen LogP) is 1.43. The van der Waals surface area contributed by atoms with Gasteiger partial charge >= 0.3 is 5.97 Å². The molecule has 0 bridgehead atoms. The second kappa shape index (κ2) is 5.98. The number of esters is 1. The van der Waals surface area contributed by atoms with Crippen LogP contribution in [0.2, 0.25) is 0 Å². The Kier molecular flexibility index (Phi) is 4.32. The summed E-state index contributed by atoms with van der Waals surface area (Å²) in [4.78, 5) is 25.5. The number of carbonyl (C=O) groups excluding carboxylic acids is 2. The van der Waals surface area contributed by atoms with E-state index in [-0.39, 0.29) is 18.4 Å². The van der Waals surface area contributed by atoms with Crippen LogP contribution in [0.4, 0.5) is 5.69 Å². The molecule has 1 aromatic heterocycles. The van der Waals surface area contributed by atoms with Gasteiger partial charge in [0.25, 0.3) is 5.91 Å². The van der Waals surface area contributed by atoms with Gasteiger partial charge in [-0.05, 0) is 32.8 Å². The number of likely N-dealkylation sites (N-methyl/N-ethyl adjacent to an activating group) is 1. The SMILES string of the molecule is CCOC(=O)CN(CC)C(=O)c1cc(N)cn1C1CC1. The van der Waals surface area contributed by atoms with Crippen LogP contribution in [0, 0.1) is 0 Å². The standard InChI is InChI=1S/C14H21N3O3/c1-3-16(9-13(18)20-4-2)14(19)12-7-10(15)8-17(12)11-5-6-11/h7-8,11H,3-6,9,15H2,1-2H3. The van der Waals surface area contributed by atoms with Gasteiger partial charge in [-0.25, -0.2) is 0 Å². The van der Waals surface area contributed by atoms with Crippen LogP contribution >= 0.6 is 0 Å². The van der Waals surface area contributed by atoms with Crippen molar-refractivity contribution in [3.63, 3.8) is 0 Å². The zero-order valence-electron chi connectivity index (χ0n) is 12.0. The highest BCUT2D eigenvalue weighted by atomic mass is 16.5. The molecule has 1 aliphatic rings. The lowest BCUT2D eigenvalue weighted by atomic mass is 10.3. The molecule has 0 aromatic carbocycles. The summed E-state index contributed by atoms with van der Waals surface area (Å²) in [5, 5.41) is 0. The summed E-state index contributed by atoms with van der Waals surface area (Å²) in [7, 11) is 0. The van der Waals surface area contributed by atoms with Gasteiger partial charge in [0.05, 0.1) is 12.3 Å². The highest BCUT2D eigenvalue weighted by Crippen LogP contribution is 2.37. The summed E-state index contributed by atoms with van der Waals surface area (Å²) in [6.45, 7) is 4.32. The number of nitrogens with two attached hydrogens (primary N) is 1. The Hall–Kier alpha value is -1.98. The van der Waals surface area contributed by atoms with E-state index in [4.69, 9.17) is 10.5 Å². The van der Waals surface area contributed by atoms with Crippen molar-refractivity contribution in [2.24, 2.45) is 0 Å². The molecule has 1 heterocycles. The van der Waals surface area contributed by atoms with Crippen molar-refractivity contribution >= 4 is 17.6 Å². The minimum Gasteiger partial charge on any atom is -0.465 e. The molecule has 0 atom stereocenters. The highest BCUT2D eigenvalue weighted by Gasteiger charge is 2.29. The lowest BCUT2D eigenvalue weighted by molar-refractivity contribution is -0.143. The third-order valence-electron chi connectivity index (χ3n) is 3.32. The number of hydrogen-bond donors (Lipinski definition) is 1. The van der Waals surface area contributed by atoms with E-state index in [0.29, 0.717) is 30.6 Å². The van der Waals surface area contributed by atoms with E-state index >= 15 is 0 Å². The van der Waals surface area contributed by atoms with Crippen molar-refractivity contribution in [1.82, 2.24) is 9.47 Å². The number of hydrogen-bond acceptors (Lipinski definition) is 4. The number of carbonyl (C=O) groups is 2. The van der Waals surface area contributed by atoms with E-state index in [2.05, 4.69) is 0 Å². The summed E-state index contributed by atoms with van der Waals surface area (Å²) in [5.74, 6) is -0.565. The molecule has 20 heavy (non-hydrogen) atoms. The van der Waals surface area contributed by atoms with Crippen LogP contribution in [0.1, 0.15) is 43.2 Å². The summed E-state index contributed by atoms with van der Waals surface area (Å²) in [6, 6.07) is 2.04. The molecule has 1 saturated carbocycles. The number of amides is 1. The number of nitrogen functional groups attached to an aromatic ring is 1. The number of rotatable bonds is 6. The maximum Gasteiger partial charge on any atom is 0.325 e. The molecule has 1 aliphatic carbocycles. The lowest BCUT2D eigenvalue weighted by Gasteiger charge is -2.20. The van der Waals surface area contributed by atoms with Gasteiger partial charge in [0.15, 0.2) is 0 Å². The van der Waals surface area contributed by atoms with Gasteiger partial charge in [-0.2, -0.15) is 0 Å². The summed E-state index contributed by atoms with van der Waals surface area (Å²) < 4.78 is 6.81. The van der Waals surface area contributed by atoms with Gasteiger partial charge < -0.3 is 19.9 Å². The number of anilines is 1. The first-order valence-corrected chi connectivity index (χ1v) is 6.99. The second-order valence-corrected chi connectivity index (χ2v) is 4.92. The molecule has 0 spiro atoms. The Morgan fingerprint density at radius 1 is 1.45 bits per heavy atom. The summed E-state index contributed by atoms with van der Waals surface area (Å²) >= 11 is 0. The molecule has 2 N–H and O–H groups in total. The maximum absolute atomic E-state index is 12.5. The van der Waals surface area contributed by atoms with Crippen molar-refractivity contribution < 1.29 is 14.3 Å². The largest absolute Gasteiger partial charge is 0.465 e. The minimum atomic E-state index is -0.389. The van der Waals surface area contributed by atoms with Gasteiger partial charge in [-0.3, -0.25) is 9.59 Å². The summed E-state index contributed by atoms with van der Waals surface area (Å²) in [5.41, 5.74) is 6.92. The number of ether oxygens (including phenoxy) is 1. The van der Waals surface area contributed by atoms with E-state index in [9.17, 15) is 9.59 Å². The Balaban J connectivity index is 2.13. The number of aromatic nitrogens is 1. The predicted molar refractivity (Wildman–Crippen MR) is 75.3 cm³/mol. The van der Waals surface area contributed by atoms with Crippen LogP contribution < -0.4 is 5.73 Å². The fourth-order valence-electron chi connectivity index (χ4n) is 2.18.